The number of hydrogen-bond acceptors (Lipinski definition) is 4. The topological polar surface area (TPSA) is 80.3 Å². The van der Waals surface area contributed by atoms with E-state index in [2.05, 4.69) is 0 Å². The van der Waals surface area contributed by atoms with Gasteiger partial charge in [0, 0.05) is 0 Å². The van der Waals surface area contributed by atoms with Crippen molar-refractivity contribution in [2.45, 2.75) is 17.8 Å². The van der Waals surface area contributed by atoms with E-state index in [-0.39, 0.29) is 0 Å². The van der Waals surface area contributed by atoms with E-state index in [1.165, 1.54) is 0 Å². The maximum Gasteiger partial charge on any atom is 0.383 e. The third kappa shape index (κ3) is 1.70. The Morgan fingerprint density at radius 2 is 0.933 bits per heavy atom. The lowest BCUT2D eigenvalue weighted by atomic mass is 10.1. The molecular formula is C5F6O4-2. The Labute approximate surface area is 77.1 Å². The Balaban J connectivity index is 5.50. The minimum absolute atomic E-state index is 3.83. The van der Waals surface area contributed by atoms with Crippen molar-refractivity contribution in [1.82, 2.24) is 0 Å². The Hall–Kier alpha value is -1.48. The van der Waals surface area contributed by atoms with Gasteiger partial charge in [-0.25, -0.2) is 0 Å². The standard InChI is InChI=1S/C5H2F6O4/c6-3(7,1(12)13)5(10,11)4(8,9)2(14)15/h(H,12,13)(H,14,15)/p-2. The van der Waals surface area contributed by atoms with Gasteiger partial charge < -0.3 is 19.8 Å². The Morgan fingerprint density at radius 1 is 0.733 bits per heavy atom. The van der Waals surface area contributed by atoms with Gasteiger partial charge in [-0.1, -0.05) is 0 Å². The third-order valence-corrected chi connectivity index (χ3v) is 1.30. The zero-order valence-electron chi connectivity index (χ0n) is 6.40. The summed E-state index contributed by atoms with van der Waals surface area (Å²) < 4.78 is 72.3. The van der Waals surface area contributed by atoms with Crippen molar-refractivity contribution in [2.75, 3.05) is 0 Å². The normalized spacial score (nSPS) is 13.7. The molecule has 0 atom stereocenters. The molecule has 0 saturated carbocycles. The zero-order chi connectivity index (χ0) is 12.7. The van der Waals surface area contributed by atoms with Crippen molar-refractivity contribution in [3.05, 3.63) is 0 Å². The summed E-state index contributed by atoms with van der Waals surface area (Å²) in [6.45, 7) is 0. The first-order valence-corrected chi connectivity index (χ1v) is 2.95. The van der Waals surface area contributed by atoms with Gasteiger partial charge in [0.2, 0.25) is 0 Å². The molecule has 0 bridgehead atoms. The van der Waals surface area contributed by atoms with Gasteiger partial charge in [0.25, 0.3) is 0 Å². The molecule has 0 unspecified atom stereocenters. The highest BCUT2D eigenvalue weighted by Crippen LogP contribution is 2.45. The number of aliphatic carboxylic acids is 2. The number of carboxylic acids is 2. The molecule has 0 fully saturated rings. The van der Waals surface area contributed by atoms with Gasteiger partial charge in [0.15, 0.2) is 0 Å². The van der Waals surface area contributed by atoms with Crippen LogP contribution in [0.2, 0.25) is 0 Å². The van der Waals surface area contributed by atoms with Crippen LogP contribution in [0.25, 0.3) is 0 Å². The van der Waals surface area contributed by atoms with Crippen molar-refractivity contribution < 1.29 is 46.1 Å². The smallest absolute Gasteiger partial charge is 0.383 e. The van der Waals surface area contributed by atoms with Crippen molar-refractivity contribution in [1.29, 1.82) is 0 Å². The highest BCUT2D eigenvalue weighted by Gasteiger charge is 2.73. The van der Waals surface area contributed by atoms with Gasteiger partial charge in [-0.05, 0) is 0 Å². The molecule has 0 amide bonds. The highest BCUT2D eigenvalue weighted by atomic mass is 19.3. The first-order chi connectivity index (χ1) is 6.39. The molecule has 0 heterocycles. The van der Waals surface area contributed by atoms with Crippen LogP contribution in [0.15, 0.2) is 0 Å². The molecule has 15 heavy (non-hydrogen) atoms. The van der Waals surface area contributed by atoms with E-state index in [9.17, 15) is 46.1 Å². The molecule has 0 aromatic heterocycles. The average molecular weight is 238 g/mol. The van der Waals surface area contributed by atoms with Crippen LogP contribution in [0.5, 0.6) is 0 Å². The maximum absolute atomic E-state index is 12.1. The van der Waals surface area contributed by atoms with Crippen LogP contribution in [0.1, 0.15) is 0 Å². The lowest BCUT2D eigenvalue weighted by Crippen LogP contribution is -2.66. The van der Waals surface area contributed by atoms with Crippen LogP contribution in [-0.4, -0.2) is 29.7 Å². The molecule has 4 nitrogen and oxygen atoms in total. The molecule has 0 aliphatic heterocycles. The number of carbonyl (C=O) groups excluding carboxylic acids is 2. The Morgan fingerprint density at radius 3 is 1.07 bits per heavy atom. The van der Waals surface area contributed by atoms with Crippen LogP contribution in [0.3, 0.4) is 0 Å². The molecule has 0 saturated heterocycles. The summed E-state index contributed by atoms with van der Waals surface area (Å²) in [5.41, 5.74) is 0. The summed E-state index contributed by atoms with van der Waals surface area (Å²) in [5.74, 6) is -27.0. The largest absolute Gasteiger partial charge is 0.544 e. The molecule has 88 valence electrons. The van der Waals surface area contributed by atoms with E-state index in [1.807, 2.05) is 0 Å². The van der Waals surface area contributed by atoms with Gasteiger partial charge in [-0.15, -0.1) is 0 Å². The second kappa shape index (κ2) is 3.28. The molecular weight excluding hydrogens is 238 g/mol. The van der Waals surface area contributed by atoms with Gasteiger partial charge in [0.1, 0.15) is 11.9 Å². The van der Waals surface area contributed by atoms with E-state index < -0.39 is 29.7 Å². The summed E-state index contributed by atoms with van der Waals surface area (Å²) in [6, 6.07) is 0. The van der Waals surface area contributed by atoms with Crippen LogP contribution >= 0.6 is 0 Å². The maximum atomic E-state index is 12.1. The van der Waals surface area contributed by atoms with Gasteiger partial charge >= 0.3 is 17.8 Å². The van der Waals surface area contributed by atoms with Crippen molar-refractivity contribution in [2.24, 2.45) is 0 Å². The lowest BCUT2D eigenvalue weighted by molar-refractivity contribution is -0.386. The summed E-state index contributed by atoms with van der Waals surface area (Å²) in [4.78, 5) is 18.9. The van der Waals surface area contributed by atoms with E-state index in [1.54, 1.807) is 0 Å². The minimum Gasteiger partial charge on any atom is -0.544 e. The molecule has 0 spiro atoms. The number of alkyl halides is 6. The molecule has 0 aliphatic carbocycles. The van der Waals surface area contributed by atoms with Crippen LogP contribution in [0.4, 0.5) is 26.3 Å². The molecule has 0 rings (SSSR count). The van der Waals surface area contributed by atoms with E-state index in [4.69, 9.17) is 0 Å². The van der Waals surface area contributed by atoms with Crippen LogP contribution < -0.4 is 10.2 Å². The molecule has 10 heteroatoms. The van der Waals surface area contributed by atoms with Gasteiger partial charge in [-0.3, -0.25) is 0 Å². The number of carbonyl (C=O) groups is 2. The molecule has 0 aromatic carbocycles. The van der Waals surface area contributed by atoms with E-state index in [0.29, 0.717) is 0 Å². The summed E-state index contributed by atoms with van der Waals surface area (Å²) in [5, 5.41) is 18.9. The SMILES string of the molecule is O=C([O-])C(F)(F)C(F)(F)C(F)(F)C(=O)[O-]. The summed E-state index contributed by atoms with van der Waals surface area (Å²) >= 11 is 0. The fraction of sp³-hybridized carbons (Fsp3) is 0.600. The van der Waals surface area contributed by atoms with E-state index >= 15 is 0 Å². The molecule has 0 aliphatic rings. The fourth-order valence-corrected chi connectivity index (χ4v) is 0.454. The zero-order valence-corrected chi connectivity index (χ0v) is 6.40. The van der Waals surface area contributed by atoms with Crippen molar-refractivity contribution in [3.8, 4) is 0 Å². The first-order valence-electron chi connectivity index (χ1n) is 2.95. The summed E-state index contributed by atoms with van der Waals surface area (Å²) in [7, 11) is 0. The Kier molecular flexibility index (Phi) is 2.95. The predicted octanol–water partition coefficient (Wildman–Crippen LogP) is -1.61. The number of carboxylic acid groups (broad SMARTS) is 2. The van der Waals surface area contributed by atoms with Gasteiger partial charge in [0.05, 0.1) is 0 Å². The molecule has 0 radical (unpaired) electrons. The fourth-order valence-electron chi connectivity index (χ4n) is 0.454. The summed E-state index contributed by atoms with van der Waals surface area (Å²) in [6.07, 6.45) is 0. The number of halogens is 6. The second-order valence-corrected chi connectivity index (χ2v) is 2.30. The highest BCUT2D eigenvalue weighted by molar-refractivity contribution is 5.80. The molecule has 0 aromatic rings. The van der Waals surface area contributed by atoms with Crippen molar-refractivity contribution in [3.63, 3.8) is 0 Å². The Bertz CT molecular complexity index is 270. The average Bonchev–Trinajstić information content (AvgIpc) is 2.02. The van der Waals surface area contributed by atoms with Gasteiger partial charge in [-0.2, -0.15) is 26.3 Å². The second-order valence-electron chi connectivity index (χ2n) is 2.30. The van der Waals surface area contributed by atoms with E-state index in [0.717, 1.165) is 0 Å². The molecule has 0 N–H and O–H groups in total. The quantitative estimate of drug-likeness (QED) is 0.552. The minimum atomic E-state index is -6.66. The number of rotatable bonds is 4. The van der Waals surface area contributed by atoms with Crippen LogP contribution in [0, 0.1) is 0 Å². The number of hydrogen-bond donors (Lipinski definition) is 0. The third-order valence-electron chi connectivity index (χ3n) is 1.30. The predicted molar refractivity (Wildman–Crippen MR) is 24.9 cm³/mol. The van der Waals surface area contributed by atoms with Crippen molar-refractivity contribution >= 4 is 11.9 Å². The first kappa shape index (κ1) is 13.5. The lowest BCUT2D eigenvalue weighted by Gasteiger charge is -2.33. The monoisotopic (exact) mass is 238 g/mol. The van der Waals surface area contributed by atoms with Crippen LogP contribution in [-0.2, 0) is 9.59 Å².